The molecule has 2 nitrogen and oxygen atoms in total. The molecule has 120 valence electrons. The Labute approximate surface area is 150 Å². The molecular formula is C20H15ClO2S. The number of benzene rings is 3. The van der Waals surface area contributed by atoms with E-state index >= 15 is 0 Å². The summed E-state index contributed by atoms with van der Waals surface area (Å²) in [5, 5.41) is 10.1. The van der Waals surface area contributed by atoms with E-state index in [0.29, 0.717) is 10.6 Å². The van der Waals surface area contributed by atoms with Gasteiger partial charge in [-0.1, -0.05) is 66.2 Å². The van der Waals surface area contributed by atoms with Gasteiger partial charge in [-0.05, 0) is 35.4 Å². The fraction of sp³-hybridized carbons (Fsp3) is 0.0500. The van der Waals surface area contributed by atoms with Gasteiger partial charge < -0.3 is 5.11 Å². The van der Waals surface area contributed by atoms with Gasteiger partial charge in [0.05, 0.1) is 10.8 Å². The highest BCUT2D eigenvalue weighted by Gasteiger charge is 2.19. The van der Waals surface area contributed by atoms with E-state index in [1.807, 2.05) is 54.6 Å². The number of hydrogen-bond donors (Lipinski definition) is 1. The van der Waals surface area contributed by atoms with Crippen LogP contribution in [0.4, 0.5) is 0 Å². The Morgan fingerprint density at radius 1 is 0.833 bits per heavy atom. The van der Waals surface area contributed by atoms with E-state index in [2.05, 4.69) is 12.1 Å². The summed E-state index contributed by atoms with van der Waals surface area (Å²) >= 11 is 7.54. The second kappa shape index (κ2) is 7.56. The summed E-state index contributed by atoms with van der Waals surface area (Å²) in [6.45, 7) is 0. The minimum atomic E-state index is -0.916. The lowest BCUT2D eigenvalue weighted by Gasteiger charge is -2.19. The highest BCUT2D eigenvalue weighted by atomic mass is 35.5. The summed E-state index contributed by atoms with van der Waals surface area (Å²) in [7, 11) is 0. The SMILES string of the molecule is O=C(O)c1ccccc1SC(c1ccccc1)c1ccc(Cl)cc1. The Balaban J connectivity index is 2.03. The third kappa shape index (κ3) is 3.81. The molecule has 0 saturated carbocycles. The van der Waals surface area contributed by atoms with E-state index in [1.165, 1.54) is 11.8 Å². The third-order valence-electron chi connectivity index (χ3n) is 3.64. The molecule has 0 aliphatic carbocycles. The van der Waals surface area contributed by atoms with Crippen LogP contribution in [0.3, 0.4) is 0 Å². The molecule has 1 unspecified atom stereocenters. The van der Waals surface area contributed by atoms with E-state index in [0.717, 1.165) is 16.0 Å². The molecule has 1 N–H and O–H groups in total. The summed E-state index contributed by atoms with van der Waals surface area (Å²) < 4.78 is 0. The molecule has 0 saturated heterocycles. The van der Waals surface area contributed by atoms with Crippen molar-refractivity contribution in [1.82, 2.24) is 0 Å². The molecule has 3 aromatic carbocycles. The van der Waals surface area contributed by atoms with Gasteiger partial charge in [-0.25, -0.2) is 4.79 Å². The third-order valence-corrected chi connectivity index (χ3v) is 5.28. The van der Waals surface area contributed by atoms with Gasteiger partial charge in [-0.3, -0.25) is 0 Å². The predicted octanol–water partition coefficient (Wildman–Crippen LogP) is 5.92. The van der Waals surface area contributed by atoms with Crippen molar-refractivity contribution in [3.05, 3.63) is 101 Å². The maximum absolute atomic E-state index is 11.5. The molecule has 0 fully saturated rings. The van der Waals surface area contributed by atoms with Crippen molar-refractivity contribution in [2.75, 3.05) is 0 Å². The summed E-state index contributed by atoms with van der Waals surface area (Å²) in [6.07, 6.45) is 0. The lowest BCUT2D eigenvalue weighted by atomic mass is 10.0. The molecule has 0 radical (unpaired) electrons. The van der Waals surface area contributed by atoms with Crippen molar-refractivity contribution in [3.8, 4) is 0 Å². The number of carbonyl (C=O) groups is 1. The molecule has 0 heterocycles. The Hall–Kier alpha value is -2.23. The van der Waals surface area contributed by atoms with E-state index in [4.69, 9.17) is 11.6 Å². The number of thioether (sulfide) groups is 1. The van der Waals surface area contributed by atoms with Gasteiger partial charge in [0.25, 0.3) is 0 Å². The van der Waals surface area contributed by atoms with Crippen molar-refractivity contribution in [2.45, 2.75) is 10.1 Å². The summed E-state index contributed by atoms with van der Waals surface area (Å²) in [5.74, 6) is -0.916. The minimum Gasteiger partial charge on any atom is -0.478 e. The first-order chi connectivity index (χ1) is 11.6. The van der Waals surface area contributed by atoms with Crippen molar-refractivity contribution in [1.29, 1.82) is 0 Å². The smallest absolute Gasteiger partial charge is 0.336 e. The average molecular weight is 355 g/mol. The Morgan fingerprint density at radius 2 is 1.42 bits per heavy atom. The number of carboxylic acid groups (broad SMARTS) is 1. The number of halogens is 1. The highest BCUT2D eigenvalue weighted by Crippen LogP contribution is 2.41. The number of rotatable bonds is 5. The van der Waals surface area contributed by atoms with Crippen LogP contribution in [0.15, 0.2) is 83.8 Å². The van der Waals surface area contributed by atoms with Gasteiger partial charge in [0.1, 0.15) is 0 Å². The zero-order valence-electron chi connectivity index (χ0n) is 12.7. The van der Waals surface area contributed by atoms with Crippen LogP contribution >= 0.6 is 23.4 Å². The van der Waals surface area contributed by atoms with Gasteiger partial charge in [0, 0.05) is 9.92 Å². The summed E-state index contributed by atoms with van der Waals surface area (Å²) in [6, 6.07) is 24.8. The number of hydrogen-bond acceptors (Lipinski definition) is 2. The Bertz CT molecular complexity index is 832. The van der Waals surface area contributed by atoms with E-state index in [-0.39, 0.29) is 5.25 Å². The maximum atomic E-state index is 11.5. The molecule has 0 aromatic heterocycles. The van der Waals surface area contributed by atoms with Crippen molar-refractivity contribution < 1.29 is 9.90 Å². The first kappa shape index (κ1) is 16.6. The van der Waals surface area contributed by atoms with Crippen molar-refractivity contribution in [3.63, 3.8) is 0 Å². The molecule has 4 heteroatoms. The molecule has 0 aliphatic heterocycles. The molecule has 1 atom stereocenters. The van der Waals surface area contributed by atoms with E-state index in [1.54, 1.807) is 12.1 Å². The van der Waals surface area contributed by atoms with Crippen LogP contribution in [0.5, 0.6) is 0 Å². The molecule has 0 bridgehead atoms. The highest BCUT2D eigenvalue weighted by molar-refractivity contribution is 7.99. The van der Waals surface area contributed by atoms with Gasteiger partial charge in [0.15, 0.2) is 0 Å². The molecule has 3 aromatic rings. The quantitative estimate of drug-likeness (QED) is 0.578. The lowest BCUT2D eigenvalue weighted by molar-refractivity contribution is 0.0693. The number of carboxylic acids is 1. The first-order valence-electron chi connectivity index (χ1n) is 7.44. The second-order valence-corrected chi connectivity index (χ2v) is 6.84. The van der Waals surface area contributed by atoms with Crippen molar-refractivity contribution >= 4 is 29.3 Å². The fourth-order valence-electron chi connectivity index (χ4n) is 2.47. The van der Waals surface area contributed by atoms with Crippen LogP contribution in [0.2, 0.25) is 5.02 Å². The molecule has 0 aliphatic rings. The van der Waals surface area contributed by atoms with Gasteiger partial charge in [-0.15, -0.1) is 11.8 Å². The monoisotopic (exact) mass is 354 g/mol. The largest absolute Gasteiger partial charge is 0.478 e. The van der Waals surface area contributed by atoms with Crippen LogP contribution in [0.1, 0.15) is 26.7 Å². The zero-order chi connectivity index (χ0) is 16.9. The van der Waals surface area contributed by atoms with Crippen LogP contribution in [0.25, 0.3) is 0 Å². The fourth-order valence-corrected chi connectivity index (χ4v) is 3.87. The first-order valence-corrected chi connectivity index (χ1v) is 8.70. The van der Waals surface area contributed by atoms with E-state index in [9.17, 15) is 9.90 Å². The molecule has 0 spiro atoms. The molecular weight excluding hydrogens is 340 g/mol. The van der Waals surface area contributed by atoms with Crippen LogP contribution in [0, 0.1) is 0 Å². The van der Waals surface area contributed by atoms with Crippen molar-refractivity contribution in [2.24, 2.45) is 0 Å². The predicted molar refractivity (Wildman–Crippen MR) is 99.0 cm³/mol. The van der Waals surface area contributed by atoms with Gasteiger partial charge in [0.2, 0.25) is 0 Å². The normalized spacial score (nSPS) is 11.9. The molecule has 3 rings (SSSR count). The molecule has 0 amide bonds. The van der Waals surface area contributed by atoms with Gasteiger partial charge in [-0.2, -0.15) is 0 Å². The Morgan fingerprint density at radius 3 is 2.08 bits per heavy atom. The second-order valence-electron chi connectivity index (χ2n) is 5.26. The van der Waals surface area contributed by atoms with Crippen LogP contribution in [-0.2, 0) is 0 Å². The standard InChI is InChI=1S/C20H15ClO2S/c21-16-12-10-15(11-13-16)19(14-6-2-1-3-7-14)24-18-9-5-4-8-17(18)20(22)23/h1-13,19H,(H,22,23). The summed E-state index contributed by atoms with van der Waals surface area (Å²) in [5.41, 5.74) is 2.51. The minimum absolute atomic E-state index is 0.0102. The molecule has 24 heavy (non-hydrogen) atoms. The maximum Gasteiger partial charge on any atom is 0.336 e. The zero-order valence-corrected chi connectivity index (χ0v) is 14.3. The number of aromatic carboxylic acids is 1. The van der Waals surface area contributed by atoms with Gasteiger partial charge >= 0.3 is 5.97 Å². The Kier molecular flexibility index (Phi) is 5.24. The van der Waals surface area contributed by atoms with Crippen LogP contribution < -0.4 is 0 Å². The lowest BCUT2D eigenvalue weighted by Crippen LogP contribution is -2.02. The van der Waals surface area contributed by atoms with E-state index < -0.39 is 5.97 Å². The summed E-state index contributed by atoms with van der Waals surface area (Å²) in [4.78, 5) is 12.2. The topological polar surface area (TPSA) is 37.3 Å². The van der Waals surface area contributed by atoms with Crippen LogP contribution in [-0.4, -0.2) is 11.1 Å². The average Bonchev–Trinajstić information content (AvgIpc) is 2.61.